The van der Waals surface area contributed by atoms with Crippen LogP contribution in [0.4, 0.5) is 0 Å². The van der Waals surface area contributed by atoms with Crippen molar-refractivity contribution in [1.29, 1.82) is 10.5 Å². The van der Waals surface area contributed by atoms with Crippen molar-refractivity contribution in [2.75, 3.05) is 0 Å². The smallest absolute Gasteiger partial charge is 0.0996 e. The number of nitriles is 2. The van der Waals surface area contributed by atoms with Gasteiger partial charge in [0.2, 0.25) is 0 Å². The Morgan fingerprint density at radius 1 is 0.550 bits per heavy atom. The van der Waals surface area contributed by atoms with E-state index in [4.69, 9.17) is 0 Å². The Morgan fingerprint density at radius 3 is 1.43 bits per heavy atom. The van der Waals surface area contributed by atoms with Crippen LogP contribution >= 0.6 is 0 Å². The van der Waals surface area contributed by atoms with Gasteiger partial charge in [-0.25, -0.2) is 0 Å². The lowest BCUT2D eigenvalue weighted by atomic mass is 9.83. The maximum atomic E-state index is 10.5. The van der Waals surface area contributed by atoms with Crippen LogP contribution in [-0.4, -0.2) is 4.57 Å². The van der Waals surface area contributed by atoms with Crippen LogP contribution in [0.2, 0.25) is 0 Å². The summed E-state index contributed by atoms with van der Waals surface area (Å²) in [5.41, 5.74) is 14.3. The van der Waals surface area contributed by atoms with Crippen LogP contribution in [-0.2, 0) is 0 Å². The SMILES string of the molecule is Cc1ccc2c(c1)-c1cc(C)ccc1C2c1c(C#N)cc(-n2c3ccc(C)cc3c3cc(C)ccc32)cc1C#N. The Kier molecular flexibility index (Phi) is 5.21. The number of hydrogen-bond acceptors (Lipinski definition) is 2. The molecule has 1 aliphatic carbocycles. The van der Waals surface area contributed by atoms with Crippen LogP contribution < -0.4 is 0 Å². The highest BCUT2D eigenvalue weighted by Gasteiger charge is 2.34. The monoisotopic (exact) mass is 513 g/mol. The van der Waals surface area contributed by atoms with Gasteiger partial charge in [0, 0.05) is 22.4 Å². The van der Waals surface area contributed by atoms with E-state index >= 15 is 0 Å². The number of fused-ring (bicyclic) bond motifs is 6. The van der Waals surface area contributed by atoms with Crippen molar-refractivity contribution >= 4 is 21.8 Å². The Balaban J connectivity index is 1.53. The zero-order chi connectivity index (χ0) is 27.7. The second-order valence-corrected chi connectivity index (χ2v) is 11.2. The first-order chi connectivity index (χ1) is 19.4. The van der Waals surface area contributed by atoms with Crippen LogP contribution in [0.25, 0.3) is 38.6 Å². The van der Waals surface area contributed by atoms with Gasteiger partial charge in [0.25, 0.3) is 0 Å². The van der Waals surface area contributed by atoms with Gasteiger partial charge >= 0.3 is 0 Å². The fourth-order valence-corrected chi connectivity index (χ4v) is 6.58. The van der Waals surface area contributed by atoms with Crippen LogP contribution in [0.5, 0.6) is 0 Å². The average Bonchev–Trinajstić information content (AvgIpc) is 3.43. The van der Waals surface area contributed by atoms with Gasteiger partial charge in [-0.15, -0.1) is 0 Å². The summed E-state index contributed by atoms with van der Waals surface area (Å²) in [5.74, 6) is -0.173. The summed E-state index contributed by atoms with van der Waals surface area (Å²) in [6.07, 6.45) is 0. The van der Waals surface area contributed by atoms with E-state index in [9.17, 15) is 10.5 Å². The topological polar surface area (TPSA) is 52.5 Å². The molecule has 40 heavy (non-hydrogen) atoms. The highest BCUT2D eigenvalue weighted by Crippen LogP contribution is 2.50. The normalized spacial score (nSPS) is 12.3. The fourth-order valence-electron chi connectivity index (χ4n) is 6.58. The van der Waals surface area contributed by atoms with E-state index in [2.05, 4.69) is 117 Å². The number of aromatic nitrogens is 1. The lowest BCUT2D eigenvalue weighted by Gasteiger charge is -2.20. The third-order valence-corrected chi connectivity index (χ3v) is 8.36. The molecule has 0 spiro atoms. The molecule has 7 rings (SSSR count). The van der Waals surface area contributed by atoms with Gasteiger partial charge in [0.1, 0.15) is 0 Å². The molecule has 0 radical (unpaired) electrons. The summed E-state index contributed by atoms with van der Waals surface area (Å²) in [6, 6.07) is 34.9. The quantitative estimate of drug-likeness (QED) is 0.232. The van der Waals surface area contributed by atoms with Crippen molar-refractivity contribution in [1.82, 2.24) is 4.57 Å². The van der Waals surface area contributed by atoms with E-state index in [0.29, 0.717) is 11.1 Å². The summed E-state index contributed by atoms with van der Waals surface area (Å²) < 4.78 is 2.19. The first-order valence-corrected chi connectivity index (χ1v) is 13.6. The predicted molar refractivity (Wildman–Crippen MR) is 162 cm³/mol. The molecule has 1 heterocycles. The summed E-state index contributed by atoms with van der Waals surface area (Å²) in [4.78, 5) is 0. The number of nitrogens with zero attached hydrogens (tertiary/aromatic N) is 3. The minimum absolute atomic E-state index is 0.173. The number of hydrogen-bond donors (Lipinski definition) is 0. The summed E-state index contributed by atoms with van der Waals surface area (Å²) in [5, 5.41) is 23.4. The van der Waals surface area contributed by atoms with Crippen LogP contribution in [0, 0.1) is 50.4 Å². The summed E-state index contributed by atoms with van der Waals surface area (Å²) in [7, 11) is 0. The molecule has 6 aromatic rings. The highest BCUT2D eigenvalue weighted by molar-refractivity contribution is 6.09. The van der Waals surface area contributed by atoms with Crippen molar-refractivity contribution < 1.29 is 0 Å². The molecule has 5 aromatic carbocycles. The van der Waals surface area contributed by atoms with Gasteiger partial charge in [-0.2, -0.15) is 10.5 Å². The molecule has 0 saturated carbocycles. The Labute approximate surface area is 234 Å². The predicted octanol–water partition coefficient (Wildman–Crippen LogP) is 8.92. The van der Waals surface area contributed by atoms with E-state index in [1.54, 1.807) is 0 Å². The lowest BCUT2D eigenvalue weighted by molar-refractivity contribution is 0.993. The summed E-state index contributed by atoms with van der Waals surface area (Å²) >= 11 is 0. The number of aryl methyl sites for hydroxylation is 4. The first kappa shape index (κ1) is 24.0. The molecular weight excluding hydrogens is 486 g/mol. The van der Waals surface area contributed by atoms with E-state index in [1.165, 1.54) is 44.2 Å². The third kappa shape index (κ3) is 3.42. The first-order valence-electron chi connectivity index (χ1n) is 13.6. The molecule has 0 fully saturated rings. The largest absolute Gasteiger partial charge is 0.309 e. The minimum Gasteiger partial charge on any atom is -0.309 e. The van der Waals surface area contributed by atoms with Crippen molar-refractivity contribution in [2.24, 2.45) is 0 Å². The van der Waals surface area contributed by atoms with Gasteiger partial charge in [0.05, 0.1) is 34.3 Å². The van der Waals surface area contributed by atoms with Crippen LogP contribution in [0.15, 0.2) is 84.9 Å². The highest BCUT2D eigenvalue weighted by atomic mass is 15.0. The number of rotatable bonds is 2. The summed E-state index contributed by atoms with van der Waals surface area (Å²) in [6.45, 7) is 8.42. The molecule has 0 bridgehead atoms. The molecule has 0 amide bonds. The van der Waals surface area contributed by atoms with Gasteiger partial charge in [-0.3, -0.25) is 0 Å². The molecule has 3 nitrogen and oxygen atoms in total. The lowest BCUT2D eigenvalue weighted by Crippen LogP contribution is -2.07. The van der Waals surface area contributed by atoms with E-state index < -0.39 is 0 Å². The molecule has 0 atom stereocenters. The maximum absolute atomic E-state index is 10.5. The minimum atomic E-state index is -0.173. The fraction of sp³-hybridized carbons (Fsp3) is 0.135. The molecular formula is C37H27N3. The van der Waals surface area contributed by atoms with Crippen LogP contribution in [0.3, 0.4) is 0 Å². The van der Waals surface area contributed by atoms with Gasteiger partial charge in [-0.05, 0) is 91.9 Å². The molecule has 1 aliphatic rings. The second kappa shape index (κ2) is 8.70. The standard InChI is InChI=1S/C37H27N3/c1-21-5-9-28-30(13-21)31-14-22(2)6-10-29(31)37(28)36-25(19-38)17-27(18-26(36)20-39)40-34-11-7-23(3)15-32(34)33-16-24(4)8-12-35(33)40/h5-18,37H,1-4H3. The van der Waals surface area contributed by atoms with Crippen molar-refractivity contribution in [2.45, 2.75) is 33.6 Å². The Bertz CT molecular complexity index is 1980. The van der Waals surface area contributed by atoms with Gasteiger partial charge in [-0.1, -0.05) is 70.8 Å². The molecule has 0 saturated heterocycles. The molecule has 3 heteroatoms. The van der Waals surface area contributed by atoms with E-state index in [0.717, 1.165) is 33.4 Å². The number of benzene rings is 5. The molecule has 1 aromatic heterocycles. The van der Waals surface area contributed by atoms with Crippen molar-refractivity contribution in [3.63, 3.8) is 0 Å². The third-order valence-electron chi connectivity index (χ3n) is 8.36. The van der Waals surface area contributed by atoms with Crippen molar-refractivity contribution in [3.8, 4) is 29.0 Å². The van der Waals surface area contributed by atoms with E-state index in [-0.39, 0.29) is 5.92 Å². The van der Waals surface area contributed by atoms with Gasteiger partial charge in [0.15, 0.2) is 0 Å². The molecule has 0 aliphatic heterocycles. The van der Waals surface area contributed by atoms with Gasteiger partial charge < -0.3 is 4.57 Å². The Morgan fingerprint density at radius 2 is 0.975 bits per heavy atom. The zero-order valence-electron chi connectivity index (χ0n) is 23.0. The average molecular weight is 514 g/mol. The van der Waals surface area contributed by atoms with E-state index in [1.807, 2.05) is 12.1 Å². The molecule has 0 unspecified atom stereocenters. The maximum Gasteiger partial charge on any atom is 0.0996 e. The molecule has 190 valence electrons. The zero-order valence-corrected chi connectivity index (χ0v) is 23.0. The molecule has 0 N–H and O–H groups in total. The second-order valence-electron chi connectivity index (χ2n) is 11.2. The van der Waals surface area contributed by atoms with Crippen LogP contribution in [0.1, 0.15) is 56.0 Å². The van der Waals surface area contributed by atoms with Crippen molar-refractivity contribution in [3.05, 3.63) is 135 Å². The Hall–Kier alpha value is -5.12.